The molecular weight excluding hydrogens is 379 g/mol. The zero-order chi connectivity index (χ0) is 19.1. The van der Waals surface area contributed by atoms with Gasteiger partial charge in [0.05, 0.1) is 17.2 Å². The molecule has 1 N–H and O–H groups in total. The summed E-state index contributed by atoms with van der Waals surface area (Å²) >= 11 is 12.4. The van der Waals surface area contributed by atoms with Crippen molar-refractivity contribution in [3.63, 3.8) is 0 Å². The van der Waals surface area contributed by atoms with Crippen molar-refractivity contribution >= 4 is 35.1 Å². The second kappa shape index (κ2) is 9.59. The molecule has 2 rings (SSSR count). The summed E-state index contributed by atoms with van der Waals surface area (Å²) < 4.78 is 9.77. The minimum atomic E-state index is -0.303. The first-order valence-corrected chi connectivity index (χ1v) is 8.97. The summed E-state index contributed by atoms with van der Waals surface area (Å²) in [5, 5.41) is 7.58. The molecule has 8 heteroatoms. The fourth-order valence-corrected chi connectivity index (χ4v) is 3.07. The van der Waals surface area contributed by atoms with Crippen LogP contribution in [0, 0.1) is 6.92 Å². The summed E-state index contributed by atoms with van der Waals surface area (Å²) in [5.74, 6) is -0.141. The number of aromatic nitrogens is 1. The van der Waals surface area contributed by atoms with Crippen molar-refractivity contribution in [2.45, 2.75) is 32.6 Å². The summed E-state index contributed by atoms with van der Waals surface area (Å²) in [7, 11) is 1.37. The lowest BCUT2D eigenvalue weighted by Gasteiger charge is -2.08. The Balaban J connectivity index is 2.00. The second-order valence-corrected chi connectivity index (χ2v) is 6.52. The molecule has 0 bridgehead atoms. The molecule has 0 saturated carbocycles. The molecule has 0 aliphatic rings. The largest absolute Gasteiger partial charge is 0.469 e. The average Bonchev–Trinajstić information content (AvgIpc) is 2.98. The highest BCUT2D eigenvalue weighted by molar-refractivity contribution is 6.39. The van der Waals surface area contributed by atoms with Gasteiger partial charge in [0.1, 0.15) is 17.0 Å². The molecular formula is C18H20Cl2N2O4. The Hall–Kier alpha value is -2.05. The maximum atomic E-state index is 12.6. The summed E-state index contributed by atoms with van der Waals surface area (Å²) in [6.45, 7) is 2.13. The van der Waals surface area contributed by atoms with Crippen LogP contribution in [0.5, 0.6) is 0 Å². The van der Waals surface area contributed by atoms with E-state index in [0.717, 1.165) is 19.3 Å². The predicted molar refractivity (Wildman–Crippen MR) is 99.5 cm³/mol. The number of esters is 1. The Bertz CT molecular complexity index is 769. The number of nitrogens with one attached hydrogen (secondary N) is 1. The van der Waals surface area contributed by atoms with Crippen LogP contribution >= 0.6 is 23.2 Å². The van der Waals surface area contributed by atoms with Gasteiger partial charge in [0, 0.05) is 18.5 Å². The molecule has 0 fully saturated rings. The van der Waals surface area contributed by atoms with E-state index in [4.69, 9.17) is 27.7 Å². The third-order valence-electron chi connectivity index (χ3n) is 3.86. The van der Waals surface area contributed by atoms with Gasteiger partial charge >= 0.3 is 5.97 Å². The highest BCUT2D eigenvalue weighted by Crippen LogP contribution is 2.36. The number of methoxy groups -OCH3 is 1. The van der Waals surface area contributed by atoms with E-state index in [0.29, 0.717) is 45.6 Å². The van der Waals surface area contributed by atoms with Crippen LogP contribution < -0.4 is 5.32 Å². The molecule has 1 heterocycles. The molecule has 0 unspecified atom stereocenters. The van der Waals surface area contributed by atoms with Gasteiger partial charge < -0.3 is 14.6 Å². The standard InChI is InChI=1S/C18H20Cl2N2O4/c1-11-15(18(24)21-10-5-3-4-9-14(23)25-2)17(22-26-11)16-12(19)7-6-8-13(16)20/h6-8H,3-5,9-10H2,1-2H3,(H,21,24). The van der Waals surface area contributed by atoms with Crippen molar-refractivity contribution in [3.05, 3.63) is 39.6 Å². The number of rotatable bonds is 8. The van der Waals surface area contributed by atoms with Gasteiger partial charge in [-0.3, -0.25) is 9.59 Å². The number of benzene rings is 1. The highest BCUT2D eigenvalue weighted by atomic mass is 35.5. The van der Waals surface area contributed by atoms with Crippen LogP contribution in [0.4, 0.5) is 0 Å². The van der Waals surface area contributed by atoms with Crippen molar-refractivity contribution in [1.82, 2.24) is 10.5 Å². The van der Waals surface area contributed by atoms with E-state index in [1.54, 1.807) is 25.1 Å². The summed E-state index contributed by atoms with van der Waals surface area (Å²) in [6, 6.07) is 5.07. The summed E-state index contributed by atoms with van der Waals surface area (Å²) in [6.07, 6.45) is 2.65. The minimum Gasteiger partial charge on any atom is -0.469 e. The first kappa shape index (κ1) is 20.3. The molecule has 0 atom stereocenters. The lowest BCUT2D eigenvalue weighted by atomic mass is 10.1. The van der Waals surface area contributed by atoms with E-state index in [1.165, 1.54) is 7.11 Å². The van der Waals surface area contributed by atoms with Gasteiger partial charge in [-0.2, -0.15) is 0 Å². The predicted octanol–water partition coefficient (Wildman–Crippen LogP) is 4.42. The van der Waals surface area contributed by atoms with Crippen molar-refractivity contribution in [2.75, 3.05) is 13.7 Å². The maximum Gasteiger partial charge on any atom is 0.305 e. The molecule has 1 aromatic carbocycles. The number of nitrogens with zero attached hydrogens (tertiary/aromatic N) is 1. The van der Waals surface area contributed by atoms with Crippen LogP contribution in [-0.4, -0.2) is 30.7 Å². The monoisotopic (exact) mass is 398 g/mol. The fourth-order valence-electron chi connectivity index (χ4n) is 2.50. The zero-order valence-electron chi connectivity index (χ0n) is 14.6. The number of hydrogen-bond donors (Lipinski definition) is 1. The Morgan fingerprint density at radius 1 is 1.19 bits per heavy atom. The van der Waals surface area contributed by atoms with Crippen molar-refractivity contribution in [2.24, 2.45) is 0 Å². The van der Waals surface area contributed by atoms with Crippen LogP contribution in [0.1, 0.15) is 41.8 Å². The third-order valence-corrected chi connectivity index (χ3v) is 4.49. The summed E-state index contributed by atoms with van der Waals surface area (Å²) in [5.41, 5.74) is 1.10. The maximum absolute atomic E-state index is 12.6. The normalized spacial score (nSPS) is 10.6. The van der Waals surface area contributed by atoms with E-state index in [1.807, 2.05) is 0 Å². The fraction of sp³-hybridized carbons (Fsp3) is 0.389. The van der Waals surface area contributed by atoms with Gasteiger partial charge in [-0.25, -0.2) is 0 Å². The molecule has 26 heavy (non-hydrogen) atoms. The molecule has 1 amide bonds. The topological polar surface area (TPSA) is 81.4 Å². The van der Waals surface area contributed by atoms with E-state index < -0.39 is 0 Å². The number of carbonyl (C=O) groups excluding carboxylic acids is 2. The van der Waals surface area contributed by atoms with Crippen molar-refractivity contribution < 1.29 is 18.8 Å². The summed E-state index contributed by atoms with van der Waals surface area (Å²) in [4.78, 5) is 23.6. The molecule has 0 saturated heterocycles. The molecule has 0 spiro atoms. The first-order valence-electron chi connectivity index (χ1n) is 8.21. The Labute approximate surface area is 161 Å². The SMILES string of the molecule is COC(=O)CCCCCNC(=O)c1c(-c2c(Cl)cccc2Cl)noc1C. The molecule has 1 aromatic heterocycles. The number of aryl methyl sites for hydroxylation is 1. The van der Waals surface area contributed by atoms with Crippen LogP contribution in [-0.2, 0) is 9.53 Å². The average molecular weight is 399 g/mol. The number of carbonyl (C=O) groups is 2. The van der Waals surface area contributed by atoms with Crippen LogP contribution in [0.3, 0.4) is 0 Å². The van der Waals surface area contributed by atoms with Gasteiger partial charge in [0.2, 0.25) is 0 Å². The van der Waals surface area contributed by atoms with Gasteiger partial charge in [0.25, 0.3) is 5.91 Å². The Morgan fingerprint density at radius 3 is 2.54 bits per heavy atom. The molecule has 0 radical (unpaired) electrons. The number of hydrogen-bond acceptors (Lipinski definition) is 5. The lowest BCUT2D eigenvalue weighted by Crippen LogP contribution is -2.25. The van der Waals surface area contributed by atoms with E-state index in [-0.39, 0.29) is 11.9 Å². The van der Waals surface area contributed by atoms with Gasteiger partial charge in [-0.15, -0.1) is 0 Å². The molecule has 6 nitrogen and oxygen atoms in total. The zero-order valence-corrected chi connectivity index (χ0v) is 16.1. The minimum absolute atomic E-state index is 0.226. The van der Waals surface area contributed by atoms with Crippen LogP contribution in [0.2, 0.25) is 10.0 Å². The Morgan fingerprint density at radius 2 is 1.88 bits per heavy atom. The molecule has 2 aromatic rings. The number of ether oxygens (including phenoxy) is 1. The van der Waals surface area contributed by atoms with Gasteiger partial charge in [-0.05, 0) is 31.9 Å². The first-order chi connectivity index (χ1) is 12.5. The second-order valence-electron chi connectivity index (χ2n) is 5.70. The number of unbranched alkanes of at least 4 members (excludes halogenated alkanes) is 2. The van der Waals surface area contributed by atoms with Crippen LogP contribution in [0.25, 0.3) is 11.3 Å². The van der Waals surface area contributed by atoms with Crippen molar-refractivity contribution in [1.29, 1.82) is 0 Å². The molecule has 0 aliphatic carbocycles. The highest BCUT2D eigenvalue weighted by Gasteiger charge is 2.24. The van der Waals surface area contributed by atoms with E-state index >= 15 is 0 Å². The number of amides is 1. The third kappa shape index (κ3) is 4.99. The smallest absolute Gasteiger partial charge is 0.305 e. The number of halogens is 2. The van der Waals surface area contributed by atoms with Gasteiger partial charge in [-0.1, -0.05) is 40.8 Å². The molecule has 140 valence electrons. The lowest BCUT2D eigenvalue weighted by molar-refractivity contribution is -0.140. The van der Waals surface area contributed by atoms with E-state index in [9.17, 15) is 9.59 Å². The van der Waals surface area contributed by atoms with Crippen molar-refractivity contribution in [3.8, 4) is 11.3 Å². The molecule has 0 aliphatic heterocycles. The Kier molecular flexibility index (Phi) is 7.48. The van der Waals surface area contributed by atoms with E-state index in [2.05, 4.69) is 15.2 Å². The van der Waals surface area contributed by atoms with Crippen LogP contribution in [0.15, 0.2) is 22.7 Å². The quantitative estimate of drug-likeness (QED) is 0.525. The van der Waals surface area contributed by atoms with Gasteiger partial charge in [0.15, 0.2) is 0 Å².